The number of hydrogen-bond acceptors (Lipinski definition) is 6. The van der Waals surface area contributed by atoms with Crippen LogP contribution in [0.1, 0.15) is 37.9 Å². The average Bonchev–Trinajstić information content (AvgIpc) is 3.91. The number of hydrogen-bond donors (Lipinski definition) is 3. The molecule has 0 unspecified atom stereocenters. The van der Waals surface area contributed by atoms with Crippen molar-refractivity contribution in [1.29, 1.82) is 0 Å². The van der Waals surface area contributed by atoms with Gasteiger partial charge in [0.15, 0.2) is 0 Å². The van der Waals surface area contributed by atoms with Crippen molar-refractivity contribution >= 4 is 67.8 Å². The van der Waals surface area contributed by atoms with E-state index < -0.39 is 0 Å². The van der Waals surface area contributed by atoms with Crippen molar-refractivity contribution in [3.8, 4) is 0 Å². The third-order valence-electron chi connectivity index (χ3n) is 7.47. The number of imidazole rings is 3. The Bertz CT molecular complexity index is 1740. The lowest BCUT2D eigenvalue weighted by Crippen LogP contribution is -2.22. The van der Waals surface area contributed by atoms with Gasteiger partial charge in [0.05, 0.1) is 55.7 Å². The van der Waals surface area contributed by atoms with Crippen LogP contribution in [0, 0.1) is 0 Å². The second-order valence-corrected chi connectivity index (χ2v) is 13.1. The van der Waals surface area contributed by atoms with E-state index in [9.17, 15) is 0 Å². The molecule has 0 saturated carbocycles. The van der Waals surface area contributed by atoms with E-state index in [0.717, 1.165) is 77.2 Å². The summed E-state index contributed by atoms with van der Waals surface area (Å²) in [6.45, 7) is 11.6. The summed E-state index contributed by atoms with van der Waals surface area (Å²) in [6, 6.07) is 21.8. The maximum atomic E-state index is 6.00. The molecule has 0 bridgehead atoms. The Balaban J connectivity index is 0.000000166. The fourth-order valence-corrected chi connectivity index (χ4v) is 5.90. The lowest BCUT2D eigenvalue weighted by Gasteiger charge is -2.22. The number of rotatable bonds is 12. The molecule has 3 heterocycles. The standard InChI is InChI=1S/C12H14BrN3.C12H13Cl2N3.C12H14ClN3/c1-2-16(8-11-7-14-9-15-11)12-5-3-10(13)4-6-12;1-2-17(7-11-6-15-8-16-11)12-4-9(13)3-10(14)5-12;1-2-16(8-11-7-14-9-15-11)12-5-3-4-10(13)6-12/h3-7,9H,2,8H2,1H3,(H,14,15);3-6,8H,2,7H2,1H3,(H,15,16);3-7,9H,2,8H2,1H3,(H,14,15). The highest BCUT2D eigenvalue weighted by Crippen LogP contribution is 2.26. The van der Waals surface area contributed by atoms with Gasteiger partial charge < -0.3 is 29.7 Å². The summed E-state index contributed by atoms with van der Waals surface area (Å²) in [5, 5.41) is 2.06. The van der Waals surface area contributed by atoms with Crippen molar-refractivity contribution < 1.29 is 0 Å². The van der Waals surface area contributed by atoms with Crippen molar-refractivity contribution in [2.75, 3.05) is 34.3 Å². The molecule has 0 aliphatic rings. The zero-order valence-electron chi connectivity index (χ0n) is 27.8. The zero-order chi connectivity index (χ0) is 35.0. The molecule has 3 aromatic carbocycles. The molecule has 49 heavy (non-hydrogen) atoms. The molecule has 3 N–H and O–H groups in total. The molecule has 258 valence electrons. The van der Waals surface area contributed by atoms with Gasteiger partial charge in [-0.25, -0.2) is 15.0 Å². The van der Waals surface area contributed by atoms with Crippen molar-refractivity contribution in [1.82, 2.24) is 29.9 Å². The molecule has 6 rings (SSSR count). The number of H-pyrrole nitrogens is 3. The van der Waals surface area contributed by atoms with Crippen molar-refractivity contribution in [2.45, 2.75) is 40.4 Å². The van der Waals surface area contributed by atoms with E-state index in [4.69, 9.17) is 34.8 Å². The monoisotopic (exact) mass is 783 g/mol. The minimum Gasteiger partial charge on any atom is -0.366 e. The Hall–Kier alpha value is -3.96. The Labute approximate surface area is 311 Å². The third-order valence-corrected chi connectivity index (χ3v) is 8.67. The zero-order valence-corrected chi connectivity index (χ0v) is 31.6. The normalized spacial score (nSPS) is 10.4. The van der Waals surface area contributed by atoms with Gasteiger partial charge in [0.1, 0.15) is 0 Å². The quantitative estimate of drug-likeness (QED) is 0.114. The summed E-state index contributed by atoms with van der Waals surface area (Å²) in [4.78, 5) is 28.0. The van der Waals surface area contributed by atoms with Crippen molar-refractivity contribution in [3.63, 3.8) is 0 Å². The van der Waals surface area contributed by atoms with Crippen molar-refractivity contribution in [3.05, 3.63) is 141 Å². The van der Waals surface area contributed by atoms with Crippen LogP contribution in [0.15, 0.2) is 109 Å². The molecule has 6 aromatic rings. The van der Waals surface area contributed by atoms with Crippen molar-refractivity contribution in [2.24, 2.45) is 0 Å². The van der Waals surface area contributed by atoms with E-state index in [1.807, 2.05) is 48.9 Å². The van der Waals surface area contributed by atoms with Crippen LogP contribution >= 0.6 is 50.7 Å². The van der Waals surface area contributed by atoms with Crippen LogP contribution in [0.4, 0.5) is 17.1 Å². The number of benzene rings is 3. The Morgan fingerprint density at radius 2 is 0.959 bits per heavy atom. The minimum absolute atomic E-state index is 0.649. The molecular weight excluding hydrogens is 745 g/mol. The molecule has 0 aliphatic carbocycles. The fraction of sp³-hybridized carbons (Fsp3) is 0.250. The number of aromatic amines is 3. The maximum absolute atomic E-state index is 6.00. The number of aromatic nitrogens is 6. The first-order valence-electron chi connectivity index (χ1n) is 15.9. The van der Waals surface area contributed by atoms with Crippen LogP contribution in [-0.2, 0) is 19.6 Å². The SMILES string of the molecule is CCN(Cc1cnc[nH]1)c1cc(Cl)cc(Cl)c1.CCN(Cc1cnc[nH]1)c1ccc(Br)cc1.CCN(Cc1cnc[nH]1)c1cccc(Cl)c1. The smallest absolute Gasteiger partial charge is 0.0922 e. The molecule has 0 radical (unpaired) electrons. The van der Waals surface area contributed by atoms with Gasteiger partial charge in [-0.15, -0.1) is 0 Å². The van der Waals surface area contributed by atoms with E-state index in [1.165, 1.54) is 5.69 Å². The van der Waals surface area contributed by atoms with Gasteiger partial charge in [-0.2, -0.15) is 0 Å². The minimum atomic E-state index is 0.649. The predicted molar refractivity (Wildman–Crippen MR) is 208 cm³/mol. The number of halogens is 4. The van der Waals surface area contributed by atoms with Gasteiger partial charge >= 0.3 is 0 Å². The van der Waals surface area contributed by atoms with Crippen LogP contribution in [0.3, 0.4) is 0 Å². The second kappa shape index (κ2) is 19.9. The second-order valence-electron chi connectivity index (χ2n) is 10.9. The van der Waals surface area contributed by atoms with Crippen LogP contribution in [0.2, 0.25) is 15.1 Å². The van der Waals surface area contributed by atoms with E-state index in [2.05, 4.69) is 112 Å². The largest absolute Gasteiger partial charge is 0.366 e. The van der Waals surface area contributed by atoms with Crippen LogP contribution in [-0.4, -0.2) is 49.5 Å². The first-order chi connectivity index (χ1) is 23.8. The van der Waals surface area contributed by atoms with Gasteiger partial charge in [0, 0.05) is 74.8 Å². The van der Waals surface area contributed by atoms with Gasteiger partial charge in [0.25, 0.3) is 0 Å². The summed E-state index contributed by atoms with van der Waals surface area (Å²) in [7, 11) is 0. The maximum Gasteiger partial charge on any atom is 0.0922 e. The fourth-order valence-electron chi connectivity index (χ4n) is 4.93. The lowest BCUT2D eigenvalue weighted by atomic mass is 10.2. The molecule has 0 fully saturated rings. The molecule has 0 spiro atoms. The highest BCUT2D eigenvalue weighted by Gasteiger charge is 2.09. The molecular formula is C36H41BrCl3N9. The first-order valence-corrected chi connectivity index (χ1v) is 17.8. The summed E-state index contributed by atoms with van der Waals surface area (Å²) < 4.78 is 1.11. The van der Waals surface area contributed by atoms with Gasteiger partial charge in [-0.05, 0) is 81.4 Å². The Morgan fingerprint density at radius 1 is 0.531 bits per heavy atom. The molecule has 0 saturated heterocycles. The van der Waals surface area contributed by atoms with E-state index >= 15 is 0 Å². The average molecular weight is 786 g/mol. The lowest BCUT2D eigenvalue weighted by molar-refractivity contribution is 0.815. The van der Waals surface area contributed by atoms with Gasteiger partial charge in [-0.1, -0.05) is 56.8 Å². The number of nitrogens with zero attached hydrogens (tertiary/aromatic N) is 6. The third kappa shape index (κ3) is 12.5. The molecule has 3 aromatic heterocycles. The van der Waals surface area contributed by atoms with Gasteiger partial charge in [0.2, 0.25) is 0 Å². The molecule has 0 atom stereocenters. The summed E-state index contributed by atoms with van der Waals surface area (Å²) >= 11 is 21.4. The topological polar surface area (TPSA) is 95.8 Å². The molecule has 0 amide bonds. The molecule has 0 aliphatic heterocycles. The number of anilines is 3. The van der Waals surface area contributed by atoms with Crippen LogP contribution in [0.25, 0.3) is 0 Å². The van der Waals surface area contributed by atoms with Gasteiger partial charge in [-0.3, -0.25) is 0 Å². The predicted octanol–water partition coefficient (Wildman–Crippen LogP) is 10.0. The highest BCUT2D eigenvalue weighted by atomic mass is 79.9. The Morgan fingerprint density at radius 3 is 1.37 bits per heavy atom. The van der Waals surface area contributed by atoms with E-state index in [1.54, 1.807) is 25.0 Å². The van der Waals surface area contributed by atoms with E-state index in [0.29, 0.717) is 10.0 Å². The Kier molecular flexibility index (Phi) is 15.4. The summed E-state index contributed by atoms with van der Waals surface area (Å²) in [5.74, 6) is 0. The highest BCUT2D eigenvalue weighted by molar-refractivity contribution is 9.10. The number of nitrogens with one attached hydrogen (secondary N) is 3. The molecule has 9 nitrogen and oxygen atoms in total. The summed E-state index contributed by atoms with van der Waals surface area (Å²) in [5.41, 5.74) is 6.65. The van der Waals surface area contributed by atoms with Crippen LogP contribution < -0.4 is 14.7 Å². The van der Waals surface area contributed by atoms with E-state index in [-0.39, 0.29) is 0 Å². The molecule has 13 heteroatoms. The summed E-state index contributed by atoms with van der Waals surface area (Å²) in [6.07, 6.45) is 10.6. The van der Waals surface area contributed by atoms with Crippen LogP contribution in [0.5, 0.6) is 0 Å². The first kappa shape index (κ1) is 37.9.